The second kappa shape index (κ2) is 5.17. The normalized spacial score (nSPS) is 9.50. The van der Waals surface area contributed by atoms with Crippen molar-refractivity contribution in [2.45, 2.75) is 12.8 Å². The molecule has 1 aromatic rings. The van der Waals surface area contributed by atoms with E-state index in [9.17, 15) is 9.59 Å². The maximum Gasteiger partial charge on any atom is 0.314 e. The minimum atomic E-state index is -0.803. The number of benzene rings is 1. The molecule has 0 bridgehead atoms. The van der Waals surface area contributed by atoms with Gasteiger partial charge in [0.25, 0.3) is 0 Å². The minimum absolute atomic E-state index is 0.200. The predicted molar refractivity (Wildman–Crippen MR) is 51.2 cm³/mol. The Kier molecular flexibility index (Phi) is 3.85. The highest BCUT2D eigenvalue weighted by molar-refractivity contribution is 5.87. The van der Waals surface area contributed by atoms with E-state index < -0.39 is 11.9 Å². The molecule has 3 nitrogen and oxygen atoms in total. The van der Waals surface area contributed by atoms with Crippen LogP contribution in [0.15, 0.2) is 30.3 Å². The molecule has 1 radical (unpaired) electrons. The van der Waals surface area contributed by atoms with E-state index in [1.807, 2.05) is 30.3 Å². The molecule has 14 heavy (non-hydrogen) atoms. The van der Waals surface area contributed by atoms with Crippen LogP contribution in [-0.2, 0) is 20.7 Å². The van der Waals surface area contributed by atoms with E-state index in [4.69, 9.17) is 0 Å². The summed E-state index contributed by atoms with van der Waals surface area (Å²) < 4.78 is 4.28. The van der Waals surface area contributed by atoms with Gasteiger partial charge in [-0.3, -0.25) is 9.59 Å². The Labute approximate surface area is 82.7 Å². The van der Waals surface area contributed by atoms with Crippen LogP contribution in [0.25, 0.3) is 0 Å². The Bertz CT molecular complexity index is 317. The van der Waals surface area contributed by atoms with Crippen molar-refractivity contribution in [3.8, 4) is 0 Å². The number of rotatable bonds is 3. The summed E-state index contributed by atoms with van der Waals surface area (Å²) in [5.41, 5.74) is 1.04. The van der Waals surface area contributed by atoms with Crippen molar-refractivity contribution < 1.29 is 14.3 Å². The smallest absolute Gasteiger partial charge is 0.314 e. The minimum Gasteiger partial charge on any atom is -0.393 e. The molecule has 1 rings (SSSR count). The fraction of sp³-hybridized carbons (Fsp3) is 0.182. The third kappa shape index (κ3) is 3.85. The standard InChI is InChI=1S/C11H11O3/c1-9(12)14-11(13)8-7-10-5-3-2-4-6-10/h2-6H,1,7-8H2. The lowest BCUT2D eigenvalue weighted by molar-refractivity contribution is -0.156. The van der Waals surface area contributed by atoms with Crippen molar-refractivity contribution in [1.29, 1.82) is 0 Å². The monoisotopic (exact) mass is 191 g/mol. The van der Waals surface area contributed by atoms with Crippen molar-refractivity contribution in [2.75, 3.05) is 0 Å². The Morgan fingerprint density at radius 3 is 2.43 bits per heavy atom. The molecule has 0 fully saturated rings. The Morgan fingerprint density at radius 2 is 1.86 bits per heavy atom. The SMILES string of the molecule is [CH2]C(=O)OC(=O)CCc1ccccc1. The van der Waals surface area contributed by atoms with Crippen LogP contribution in [0, 0.1) is 6.92 Å². The lowest BCUT2D eigenvalue weighted by Gasteiger charge is -2.00. The lowest BCUT2D eigenvalue weighted by atomic mass is 10.1. The molecular weight excluding hydrogens is 180 g/mol. The molecule has 0 atom stereocenters. The van der Waals surface area contributed by atoms with Gasteiger partial charge in [-0.25, -0.2) is 0 Å². The molecule has 0 spiro atoms. The van der Waals surface area contributed by atoms with Crippen LogP contribution in [0.5, 0.6) is 0 Å². The van der Waals surface area contributed by atoms with Crippen molar-refractivity contribution >= 4 is 11.9 Å². The Balaban J connectivity index is 2.34. The molecule has 73 valence electrons. The van der Waals surface area contributed by atoms with E-state index in [2.05, 4.69) is 11.7 Å². The third-order valence-corrected chi connectivity index (χ3v) is 1.69. The van der Waals surface area contributed by atoms with Gasteiger partial charge in [0.2, 0.25) is 0 Å². The second-order valence-corrected chi connectivity index (χ2v) is 2.83. The van der Waals surface area contributed by atoms with Crippen molar-refractivity contribution in [2.24, 2.45) is 0 Å². The average molecular weight is 191 g/mol. The molecule has 0 saturated carbocycles. The van der Waals surface area contributed by atoms with Gasteiger partial charge < -0.3 is 4.74 Å². The summed E-state index contributed by atoms with van der Waals surface area (Å²) in [6.07, 6.45) is 0.776. The predicted octanol–water partition coefficient (Wildman–Crippen LogP) is 1.52. The van der Waals surface area contributed by atoms with Gasteiger partial charge >= 0.3 is 11.9 Å². The molecule has 0 aliphatic carbocycles. The molecule has 0 aromatic heterocycles. The van der Waals surface area contributed by atoms with Gasteiger partial charge in [0.15, 0.2) is 0 Å². The van der Waals surface area contributed by atoms with Gasteiger partial charge in [0, 0.05) is 0 Å². The molecule has 0 heterocycles. The zero-order valence-corrected chi connectivity index (χ0v) is 7.73. The molecule has 0 saturated heterocycles. The largest absolute Gasteiger partial charge is 0.393 e. The highest BCUT2D eigenvalue weighted by Gasteiger charge is 2.05. The number of ether oxygens (including phenoxy) is 1. The fourth-order valence-corrected chi connectivity index (χ4v) is 1.07. The van der Waals surface area contributed by atoms with E-state index in [1.54, 1.807) is 0 Å². The zero-order valence-electron chi connectivity index (χ0n) is 7.73. The second-order valence-electron chi connectivity index (χ2n) is 2.83. The van der Waals surface area contributed by atoms with Gasteiger partial charge in [-0.05, 0) is 12.0 Å². The summed E-state index contributed by atoms with van der Waals surface area (Å²) in [5, 5.41) is 0. The number of esters is 2. The van der Waals surface area contributed by atoms with Crippen LogP contribution < -0.4 is 0 Å². The maximum absolute atomic E-state index is 10.9. The van der Waals surface area contributed by atoms with Gasteiger partial charge in [-0.1, -0.05) is 30.3 Å². The molecule has 0 aliphatic rings. The molecule has 3 heteroatoms. The molecule has 0 N–H and O–H groups in total. The first-order valence-electron chi connectivity index (χ1n) is 4.29. The number of carbonyl (C=O) groups is 2. The van der Waals surface area contributed by atoms with Crippen molar-refractivity contribution in [3.63, 3.8) is 0 Å². The fourth-order valence-electron chi connectivity index (χ4n) is 1.07. The van der Waals surface area contributed by atoms with Gasteiger partial charge in [0.1, 0.15) is 0 Å². The maximum atomic E-state index is 10.9. The Hall–Kier alpha value is -1.64. The topological polar surface area (TPSA) is 43.4 Å². The van der Waals surface area contributed by atoms with Crippen molar-refractivity contribution in [1.82, 2.24) is 0 Å². The van der Waals surface area contributed by atoms with Gasteiger partial charge in [0.05, 0.1) is 13.3 Å². The summed E-state index contributed by atoms with van der Waals surface area (Å²) in [4.78, 5) is 21.3. The summed E-state index contributed by atoms with van der Waals surface area (Å²) in [6, 6.07) is 9.53. The van der Waals surface area contributed by atoms with Crippen LogP contribution in [-0.4, -0.2) is 11.9 Å². The molecular formula is C11H11O3. The van der Waals surface area contributed by atoms with Crippen molar-refractivity contribution in [3.05, 3.63) is 42.8 Å². The van der Waals surface area contributed by atoms with Crippen LogP contribution in [0.1, 0.15) is 12.0 Å². The van der Waals surface area contributed by atoms with E-state index in [1.165, 1.54) is 0 Å². The highest BCUT2D eigenvalue weighted by atomic mass is 16.6. The molecule has 1 aromatic carbocycles. The van der Waals surface area contributed by atoms with Gasteiger partial charge in [-0.2, -0.15) is 0 Å². The quantitative estimate of drug-likeness (QED) is 0.537. The first kappa shape index (κ1) is 10.4. The van der Waals surface area contributed by atoms with Crippen LogP contribution in [0.4, 0.5) is 0 Å². The number of aryl methyl sites for hydroxylation is 1. The summed E-state index contributed by atoms with van der Waals surface area (Å²) in [7, 11) is 0. The number of hydrogen-bond donors (Lipinski definition) is 0. The summed E-state index contributed by atoms with van der Waals surface area (Å²) >= 11 is 0. The zero-order chi connectivity index (χ0) is 10.4. The summed E-state index contributed by atoms with van der Waals surface area (Å²) in [5.74, 6) is -1.34. The molecule has 0 unspecified atom stereocenters. The third-order valence-electron chi connectivity index (χ3n) is 1.69. The number of hydrogen-bond acceptors (Lipinski definition) is 3. The molecule has 0 aliphatic heterocycles. The summed E-state index contributed by atoms with van der Waals surface area (Å²) in [6.45, 7) is 2.95. The van der Waals surface area contributed by atoms with Crippen LogP contribution in [0.3, 0.4) is 0 Å². The van der Waals surface area contributed by atoms with E-state index in [0.717, 1.165) is 5.56 Å². The Morgan fingerprint density at radius 1 is 1.21 bits per heavy atom. The van der Waals surface area contributed by atoms with E-state index in [0.29, 0.717) is 6.42 Å². The van der Waals surface area contributed by atoms with Crippen LogP contribution >= 0.6 is 0 Å². The first-order valence-corrected chi connectivity index (χ1v) is 4.29. The first-order chi connectivity index (χ1) is 6.68. The average Bonchev–Trinajstić information content (AvgIpc) is 2.15. The molecule has 0 amide bonds. The van der Waals surface area contributed by atoms with Crippen LogP contribution in [0.2, 0.25) is 0 Å². The highest BCUT2D eigenvalue weighted by Crippen LogP contribution is 2.03. The lowest BCUT2D eigenvalue weighted by Crippen LogP contribution is -2.09. The van der Waals surface area contributed by atoms with E-state index >= 15 is 0 Å². The van der Waals surface area contributed by atoms with Gasteiger partial charge in [-0.15, -0.1) is 0 Å². The van der Waals surface area contributed by atoms with E-state index in [-0.39, 0.29) is 6.42 Å². The number of carbonyl (C=O) groups excluding carboxylic acids is 2.